The third kappa shape index (κ3) is 4.20. The second-order valence-electron chi connectivity index (χ2n) is 3.96. The van der Waals surface area contributed by atoms with Crippen LogP contribution in [0.15, 0.2) is 0 Å². The zero-order valence-electron chi connectivity index (χ0n) is 9.24. The van der Waals surface area contributed by atoms with E-state index in [2.05, 4.69) is 24.5 Å². The number of rotatable bonds is 6. The van der Waals surface area contributed by atoms with Crippen molar-refractivity contribution in [3.05, 3.63) is 0 Å². The molecule has 0 N–H and O–H groups in total. The van der Waals surface area contributed by atoms with Gasteiger partial charge >= 0.3 is 0 Å². The van der Waals surface area contributed by atoms with Crippen LogP contribution in [-0.4, -0.2) is 43.0 Å². The highest BCUT2D eigenvalue weighted by Gasteiger charge is 2.20. The molecule has 3 heteroatoms. The molecule has 2 nitrogen and oxygen atoms in total. The van der Waals surface area contributed by atoms with Crippen molar-refractivity contribution in [2.45, 2.75) is 38.6 Å². The van der Waals surface area contributed by atoms with Crippen LogP contribution in [0.3, 0.4) is 0 Å². The molecule has 0 aliphatic carbocycles. The molecule has 84 valence electrons. The highest BCUT2D eigenvalue weighted by Crippen LogP contribution is 2.11. The third-order valence-electron chi connectivity index (χ3n) is 2.92. The summed E-state index contributed by atoms with van der Waals surface area (Å²) in [6.07, 6.45) is 5.10. The fourth-order valence-electron chi connectivity index (χ4n) is 1.96. The summed E-state index contributed by atoms with van der Waals surface area (Å²) >= 11 is 4.22. The Morgan fingerprint density at radius 3 is 2.93 bits per heavy atom. The van der Waals surface area contributed by atoms with E-state index in [4.69, 9.17) is 4.74 Å². The summed E-state index contributed by atoms with van der Waals surface area (Å²) in [4.78, 5) is 2.59. The van der Waals surface area contributed by atoms with Gasteiger partial charge in [0.25, 0.3) is 0 Å². The predicted molar refractivity (Wildman–Crippen MR) is 64.2 cm³/mol. The maximum atomic E-state index is 5.48. The minimum atomic E-state index is 0.666. The van der Waals surface area contributed by atoms with Crippen molar-refractivity contribution >= 4 is 12.6 Å². The van der Waals surface area contributed by atoms with Gasteiger partial charge in [0.1, 0.15) is 0 Å². The zero-order chi connectivity index (χ0) is 10.2. The van der Waals surface area contributed by atoms with Gasteiger partial charge < -0.3 is 4.74 Å². The van der Waals surface area contributed by atoms with Crippen LogP contribution in [0.25, 0.3) is 0 Å². The van der Waals surface area contributed by atoms with Crippen LogP contribution in [-0.2, 0) is 4.74 Å². The topological polar surface area (TPSA) is 12.5 Å². The third-order valence-corrected chi connectivity index (χ3v) is 3.24. The molecular formula is C11H23NOS. The molecule has 1 heterocycles. The molecular weight excluding hydrogens is 194 g/mol. The highest BCUT2D eigenvalue weighted by atomic mass is 32.1. The first-order chi connectivity index (χ1) is 6.88. The normalized spacial score (nSPS) is 24.0. The number of unbranched alkanes of at least 4 members (excludes halogenated alkanes) is 2. The molecule has 0 amide bonds. The van der Waals surface area contributed by atoms with Crippen molar-refractivity contribution in [3.63, 3.8) is 0 Å². The Morgan fingerprint density at radius 1 is 1.36 bits per heavy atom. The van der Waals surface area contributed by atoms with Crippen LogP contribution in [0.2, 0.25) is 0 Å². The molecule has 0 aromatic carbocycles. The second kappa shape index (κ2) is 7.55. The minimum absolute atomic E-state index is 0.666. The van der Waals surface area contributed by atoms with Crippen molar-refractivity contribution in [3.8, 4) is 0 Å². The van der Waals surface area contributed by atoms with E-state index in [0.717, 1.165) is 25.5 Å². The van der Waals surface area contributed by atoms with Gasteiger partial charge in [-0.05, 0) is 31.6 Å². The summed E-state index contributed by atoms with van der Waals surface area (Å²) in [6.45, 7) is 6.47. The fourth-order valence-corrected chi connectivity index (χ4v) is 2.19. The van der Waals surface area contributed by atoms with E-state index >= 15 is 0 Å². The van der Waals surface area contributed by atoms with Crippen LogP contribution in [0, 0.1) is 0 Å². The SMILES string of the molecule is CCC1COCCN1CCCCCS. The summed E-state index contributed by atoms with van der Waals surface area (Å²) in [5, 5.41) is 0. The lowest BCUT2D eigenvalue weighted by atomic mass is 10.1. The van der Waals surface area contributed by atoms with Gasteiger partial charge in [-0.1, -0.05) is 13.3 Å². The molecule has 1 fully saturated rings. The number of thiol groups is 1. The van der Waals surface area contributed by atoms with Gasteiger partial charge in [0.2, 0.25) is 0 Å². The first-order valence-electron chi connectivity index (χ1n) is 5.81. The van der Waals surface area contributed by atoms with Crippen molar-refractivity contribution in [1.29, 1.82) is 0 Å². The second-order valence-corrected chi connectivity index (χ2v) is 4.40. The summed E-state index contributed by atoms with van der Waals surface area (Å²) < 4.78 is 5.48. The van der Waals surface area contributed by atoms with Crippen molar-refractivity contribution in [2.24, 2.45) is 0 Å². The Morgan fingerprint density at radius 2 is 2.21 bits per heavy atom. The monoisotopic (exact) mass is 217 g/mol. The summed E-state index contributed by atoms with van der Waals surface area (Å²) in [7, 11) is 0. The van der Waals surface area contributed by atoms with Gasteiger partial charge in [-0.2, -0.15) is 12.6 Å². The largest absolute Gasteiger partial charge is 0.378 e. The van der Waals surface area contributed by atoms with E-state index in [-0.39, 0.29) is 0 Å². The van der Waals surface area contributed by atoms with Gasteiger partial charge in [0.15, 0.2) is 0 Å². The molecule has 0 saturated carbocycles. The van der Waals surface area contributed by atoms with E-state index in [1.165, 1.54) is 32.2 Å². The van der Waals surface area contributed by atoms with Crippen LogP contribution in [0.1, 0.15) is 32.6 Å². The summed E-state index contributed by atoms with van der Waals surface area (Å²) in [5.41, 5.74) is 0. The van der Waals surface area contributed by atoms with Gasteiger partial charge in [-0.3, -0.25) is 4.90 Å². The molecule has 0 bridgehead atoms. The average molecular weight is 217 g/mol. The molecule has 1 rings (SSSR count). The number of morpholine rings is 1. The molecule has 0 radical (unpaired) electrons. The first-order valence-corrected chi connectivity index (χ1v) is 6.44. The quantitative estimate of drug-likeness (QED) is 0.541. The molecule has 1 atom stereocenters. The van der Waals surface area contributed by atoms with Crippen molar-refractivity contribution in [2.75, 3.05) is 32.1 Å². The molecule has 14 heavy (non-hydrogen) atoms. The summed E-state index contributed by atoms with van der Waals surface area (Å²) in [5.74, 6) is 1.03. The van der Waals surface area contributed by atoms with Gasteiger partial charge in [-0.25, -0.2) is 0 Å². The van der Waals surface area contributed by atoms with Gasteiger partial charge in [-0.15, -0.1) is 0 Å². The van der Waals surface area contributed by atoms with E-state index in [9.17, 15) is 0 Å². The van der Waals surface area contributed by atoms with Crippen LogP contribution in [0.4, 0.5) is 0 Å². The first kappa shape index (κ1) is 12.3. The van der Waals surface area contributed by atoms with Crippen LogP contribution >= 0.6 is 12.6 Å². The maximum absolute atomic E-state index is 5.48. The molecule has 1 aliphatic heterocycles. The Bertz CT molecular complexity index is 143. The lowest BCUT2D eigenvalue weighted by Gasteiger charge is -2.35. The fraction of sp³-hybridized carbons (Fsp3) is 1.00. The Labute approximate surface area is 93.4 Å². The number of ether oxygens (including phenoxy) is 1. The minimum Gasteiger partial charge on any atom is -0.378 e. The standard InChI is InChI=1S/C11H23NOS/c1-2-11-10-13-8-7-12(11)6-4-3-5-9-14/h11,14H,2-10H2,1H3. The molecule has 1 saturated heterocycles. The maximum Gasteiger partial charge on any atom is 0.0622 e. The highest BCUT2D eigenvalue weighted by molar-refractivity contribution is 7.80. The van der Waals surface area contributed by atoms with E-state index < -0.39 is 0 Å². The molecule has 1 aliphatic rings. The predicted octanol–water partition coefficient (Wildman–Crippen LogP) is 2.20. The average Bonchev–Trinajstić information content (AvgIpc) is 2.25. The zero-order valence-corrected chi connectivity index (χ0v) is 10.1. The number of hydrogen-bond acceptors (Lipinski definition) is 3. The molecule has 0 aromatic heterocycles. The van der Waals surface area contributed by atoms with Crippen LogP contribution < -0.4 is 0 Å². The molecule has 0 aromatic rings. The molecule has 0 spiro atoms. The van der Waals surface area contributed by atoms with Crippen LogP contribution in [0.5, 0.6) is 0 Å². The summed E-state index contributed by atoms with van der Waals surface area (Å²) in [6, 6.07) is 0.666. The molecule has 1 unspecified atom stereocenters. The lowest BCUT2D eigenvalue weighted by molar-refractivity contribution is -0.00912. The number of hydrogen-bond donors (Lipinski definition) is 1. The lowest BCUT2D eigenvalue weighted by Crippen LogP contribution is -2.45. The number of nitrogens with zero attached hydrogens (tertiary/aromatic N) is 1. The van der Waals surface area contributed by atoms with Crippen molar-refractivity contribution in [1.82, 2.24) is 4.90 Å². The van der Waals surface area contributed by atoms with E-state index in [0.29, 0.717) is 6.04 Å². The Hall–Kier alpha value is 0.270. The Kier molecular flexibility index (Phi) is 6.65. The van der Waals surface area contributed by atoms with Gasteiger partial charge in [0, 0.05) is 12.6 Å². The smallest absolute Gasteiger partial charge is 0.0622 e. The van der Waals surface area contributed by atoms with E-state index in [1.54, 1.807) is 0 Å². The van der Waals surface area contributed by atoms with Gasteiger partial charge in [0.05, 0.1) is 13.2 Å². The van der Waals surface area contributed by atoms with Crippen molar-refractivity contribution < 1.29 is 4.74 Å². The van der Waals surface area contributed by atoms with E-state index in [1.807, 2.05) is 0 Å². The Balaban J connectivity index is 2.13.